The number of anilines is 1. The first kappa shape index (κ1) is 15.8. The van der Waals surface area contributed by atoms with Crippen LogP contribution < -0.4 is 15.5 Å². The molecular weight excluding hydrogens is 290 g/mol. The number of nitrogens with one attached hydrogen (secondary N) is 2. The second-order valence-corrected chi connectivity index (χ2v) is 5.29. The highest BCUT2D eigenvalue weighted by molar-refractivity contribution is 6.01. The molecule has 2 aliphatic rings. The SMILES string of the molecule is Cl.O=C(NCCN1C(=O)Cc2ccccc21)C1CCCN1. The zero-order valence-electron chi connectivity index (χ0n) is 11.8. The minimum Gasteiger partial charge on any atom is -0.353 e. The summed E-state index contributed by atoms with van der Waals surface area (Å²) in [6.07, 6.45) is 2.42. The minimum absolute atomic E-state index is 0. The molecule has 1 unspecified atom stereocenters. The van der Waals surface area contributed by atoms with Gasteiger partial charge in [-0.15, -0.1) is 12.4 Å². The molecule has 1 saturated heterocycles. The Morgan fingerprint density at radius 2 is 2.19 bits per heavy atom. The molecule has 1 aromatic rings. The number of fused-ring (bicyclic) bond motifs is 1. The van der Waals surface area contributed by atoms with Crippen LogP contribution in [0.25, 0.3) is 0 Å². The van der Waals surface area contributed by atoms with Crippen LogP contribution in [0.1, 0.15) is 18.4 Å². The molecule has 5 nitrogen and oxygen atoms in total. The first-order valence-corrected chi connectivity index (χ1v) is 7.15. The Hall–Kier alpha value is -1.59. The number of hydrogen-bond acceptors (Lipinski definition) is 3. The van der Waals surface area contributed by atoms with Gasteiger partial charge < -0.3 is 15.5 Å². The molecule has 0 bridgehead atoms. The van der Waals surface area contributed by atoms with Gasteiger partial charge in [-0.05, 0) is 31.0 Å². The van der Waals surface area contributed by atoms with Crippen LogP contribution in [0.2, 0.25) is 0 Å². The zero-order valence-corrected chi connectivity index (χ0v) is 12.6. The summed E-state index contributed by atoms with van der Waals surface area (Å²) in [5.74, 6) is 0.155. The molecule has 2 N–H and O–H groups in total. The van der Waals surface area contributed by atoms with Gasteiger partial charge in [-0.25, -0.2) is 0 Å². The second kappa shape index (κ2) is 6.91. The smallest absolute Gasteiger partial charge is 0.237 e. The summed E-state index contributed by atoms with van der Waals surface area (Å²) < 4.78 is 0. The summed E-state index contributed by atoms with van der Waals surface area (Å²) >= 11 is 0. The molecule has 2 amide bonds. The highest BCUT2D eigenvalue weighted by Gasteiger charge is 2.27. The Morgan fingerprint density at radius 3 is 2.95 bits per heavy atom. The summed E-state index contributed by atoms with van der Waals surface area (Å²) in [6, 6.07) is 7.76. The van der Waals surface area contributed by atoms with Crippen molar-refractivity contribution in [3.05, 3.63) is 29.8 Å². The van der Waals surface area contributed by atoms with Crippen molar-refractivity contribution < 1.29 is 9.59 Å². The van der Waals surface area contributed by atoms with Crippen LogP contribution in [0.5, 0.6) is 0 Å². The summed E-state index contributed by atoms with van der Waals surface area (Å²) in [5, 5.41) is 6.07. The topological polar surface area (TPSA) is 61.4 Å². The van der Waals surface area contributed by atoms with Crippen molar-refractivity contribution in [1.82, 2.24) is 10.6 Å². The Labute approximate surface area is 130 Å². The molecule has 0 spiro atoms. The number of nitrogens with zero attached hydrogens (tertiary/aromatic N) is 1. The van der Waals surface area contributed by atoms with Crippen LogP contribution in [-0.2, 0) is 16.0 Å². The zero-order chi connectivity index (χ0) is 13.9. The predicted molar refractivity (Wildman–Crippen MR) is 83.8 cm³/mol. The quantitative estimate of drug-likeness (QED) is 0.867. The fraction of sp³-hybridized carbons (Fsp3) is 0.467. The van der Waals surface area contributed by atoms with Crippen molar-refractivity contribution in [1.29, 1.82) is 0 Å². The standard InChI is InChI=1S/C15H19N3O2.ClH/c19-14-10-11-4-1-2-6-13(11)18(14)9-8-17-15(20)12-5-3-7-16-12;/h1-2,4,6,12,16H,3,5,7-10H2,(H,17,20);1H. The number of amides is 2. The van der Waals surface area contributed by atoms with E-state index in [-0.39, 0.29) is 30.3 Å². The van der Waals surface area contributed by atoms with Gasteiger partial charge in [0.15, 0.2) is 0 Å². The third kappa shape index (κ3) is 3.36. The van der Waals surface area contributed by atoms with Gasteiger partial charge in [0.2, 0.25) is 11.8 Å². The van der Waals surface area contributed by atoms with Crippen LogP contribution >= 0.6 is 12.4 Å². The maximum atomic E-state index is 12.0. The Morgan fingerprint density at radius 1 is 1.38 bits per heavy atom. The maximum absolute atomic E-state index is 12.0. The van der Waals surface area contributed by atoms with Crippen LogP contribution in [0.4, 0.5) is 5.69 Å². The predicted octanol–water partition coefficient (Wildman–Crippen LogP) is 0.866. The van der Waals surface area contributed by atoms with Crippen molar-refractivity contribution in [2.24, 2.45) is 0 Å². The fourth-order valence-electron chi connectivity index (χ4n) is 2.88. The molecule has 0 aromatic heterocycles. The summed E-state index contributed by atoms with van der Waals surface area (Å²) in [7, 11) is 0. The molecule has 1 fully saturated rings. The van der Waals surface area contributed by atoms with Crippen molar-refractivity contribution in [3.8, 4) is 0 Å². The molecule has 0 radical (unpaired) electrons. The number of benzene rings is 1. The summed E-state index contributed by atoms with van der Waals surface area (Å²) in [6.45, 7) is 1.95. The lowest BCUT2D eigenvalue weighted by atomic mass is 10.2. The van der Waals surface area contributed by atoms with Crippen molar-refractivity contribution in [2.45, 2.75) is 25.3 Å². The molecule has 0 aliphatic carbocycles. The van der Waals surface area contributed by atoms with Gasteiger partial charge in [0.05, 0.1) is 12.5 Å². The Bertz CT molecular complexity index is 529. The molecular formula is C15H20ClN3O2. The summed E-state index contributed by atoms with van der Waals surface area (Å²) in [5.41, 5.74) is 2.05. The van der Waals surface area contributed by atoms with E-state index in [9.17, 15) is 9.59 Å². The third-order valence-corrected chi connectivity index (χ3v) is 3.94. The fourth-order valence-corrected chi connectivity index (χ4v) is 2.88. The van der Waals surface area contributed by atoms with Crippen LogP contribution in [0.3, 0.4) is 0 Å². The van der Waals surface area contributed by atoms with Crippen molar-refractivity contribution in [3.63, 3.8) is 0 Å². The van der Waals surface area contributed by atoms with Gasteiger partial charge in [-0.3, -0.25) is 9.59 Å². The number of hydrogen-bond donors (Lipinski definition) is 2. The van der Waals surface area contributed by atoms with Gasteiger partial charge in [0.1, 0.15) is 0 Å². The highest BCUT2D eigenvalue weighted by Crippen LogP contribution is 2.27. The molecule has 0 saturated carbocycles. The van der Waals surface area contributed by atoms with Crippen LogP contribution in [0.15, 0.2) is 24.3 Å². The molecule has 3 rings (SSSR count). The lowest BCUT2D eigenvalue weighted by Crippen LogP contribution is -2.44. The molecule has 1 aromatic carbocycles. The normalized spacial score (nSPS) is 20.1. The lowest BCUT2D eigenvalue weighted by molar-refractivity contribution is -0.123. The van der Waals surface area contributed by atoms with Crippen LogP contribution in [0, 0.1) is 0 Å². The molecule has 21 heavy (non-hydrogen) atoms. The maximum Gasteiger partial charge on any atom is 0.237 e. The number of para-hydroxylation sites is 1. The van der Waals surface area contributed by atoms with Gasteiger partial charge in [-0.2, -0.15) is 0 Å². The van der Waals surface area contributed by atoms with E-state index in [4.69, 9.17) is 0 Å². The van der Waals surface area contributed by atoms with E-state index in [0.29, 0.717) is 19.5 Å². The average molecular weight is 310 g/mol. The first-order valence-electron chi connectivity index (χ1n) is 7.15. The molecule has 1 atom stereocenters. The largest absolute Gasteiger partial charge is 0.353 e. The molecule has 2 heterocycles. The number of carbonyl (C=O) groups is 2. The number of halogens is 1. The van der Waals surface area contributed by atoms with Crippen molar-refractivity contribution >= 4 is 29.9 Å². The van der Waals surface area contributed by atoms with Gasteiger partial charge in [-0.1, -0.05) is 18.2 Å². The lowest BCUT2D eigenvalue weighted by Gasteiger charge is -2.18. The molecule has 114 valence electrons. The highest BCUT2D eigenvalue weighted by atomic mass is 35.5. The first-order chi connectivity index (χ1) is 9.75. The number of carbonyl (C=O) groups excluding carboxylic acids is 2. The van der Waals surface area contributed by atoms with E-state index >= 15 is 0 Å². The van der Waals surface area contributed by atoms with E-state index < -0.39 is 0 Å². The number of rotatable bonds is 4. The summed E-state index contributed by atoms with van der Waals surface area (Å²) in [4.78, 5) is 25.6. The molecule has 2 aliphatic heterocycles. The molecule has 6 heteroatoms. The van der Waals surface area contributed by atoms with E-state index in [1.807, 2.05) is 24.3 Å². The van der Waals surface area contributed by atoms with E-state index in [2.05, 4.69) is 10.6 Å². The van der Waals surface area contributed by atoms with Gasteiger partial charge in [0.25, 0.3) is 0 Å². The van der Waals surface area contributed by atoms with Crippen molar-refractivity contribution in [2.75, 3.05) is 24.5 Å². The van der Waals surface area contributed by atoms with Crippen LogP contribution in [-0.4, -0.2) is 37.5 Å². The van der Waals surface area contributed by atoms with Gasteiger partial charge in [0, 0.05) is 18.8 Å². The minimum atomic E-state index is -0.0587. The van der Waals surface area contributed by atoms with E-state index in [1.54, 1.807) is 4.90 Å². The Balaban J connectivity index is 0.00000161. The monoisotopic (exact) mass is 309 g/mol. The van der Waals surface area contributed by atoms with E-state index in [1.165, 1.54) is 0 Å². The Kier molecular flexibility index (Phi) is 5.20. The third-order valence-electron chi connectivity index (χ3n) is 3.94. The van der Waals surface area contributed by atoms with E-state index in [0.717, 1.165) is 30.6 Å². The second-order valence-electron chi connectivity index (χ2n) is 5.29. The van der Waals surface area contributed by atoms with Gasteiger partial charge >= 0.3 is 0 Å². The average Bonchev–Trinajstić information content (AvgIpc) is 3.07.